The van der Waals surface area contributed by atoms with E-state index in [0.29, 0.717) is 15.7 Å². The summed E-state index contributed by atoms with van der Waals surface area (Å²) in [5.41, 5.74) is 0.247. The molecule has 3 rings (SSSR count). The minimum Gasteiger partial charge on any atom is -0.481 e. The Hall–Kier alpha value is -2.16. The van der Waals surface area contributed by atoms with E-state index in [9.17, 15) is 23.1 Å². The highest BCUT2D eigenvalue weighted by Gasteiger charge is 2.52. The molecule has 0 saturated carbocycles. The predicted molar refractivity (Wildman–Crippen MR) is 136 cm³/mol. The second-order valence-electron chi connectivity index (χ2n) is 9.43. The molecule has 1 aromatic heterocycles. The molecule has 35 heavy (non-hydrogen) atoms. The predicted octanol–water partition coefficient (Wildman–Crippen LogP) is 5.14. The molecule has 0 aliphatic carbocycles. The molecule has 0 bridgehead atoms. The van der Waals surface area contributed by atoms with E-state index >= 15 is 0 Å². The molecule has 1 aliphatic rings. The van der Waals surface area contributed by atoms with E-state index in [-0.39, 0.29) is 42.6 Å². The normalized spacial score (nSPS) is 23.8. The van der Waals surface area contributed by atoms with Crippen molar-refractivity contribution >= 4 is 44.9 Å². The van der Waals surface area contributed by atoms with E-state index in [1.807, 2.05) is 18.2 Å². The molecular formula is C25H30Cl2N2O5S. The van der Waals surface area contributed by atoms with Crippen LogP contribution < -0.4 is 0 Å². The van der Waals surface area contributed by atoms with E-state index in [2.05, 4.69) is 4.98 Å². The summed E-state index contributed by atoms with van der Waals surface area (Å²) < 4.78 is 24.5. The zero-order valence-electron chi connectivity index (χ0n) is 19.9. The van der Waals surface area contributed by atoms with E-state index in [4.69, 9.17) is 23.2 Å². The summed E-state index contributed by atoms with van der Waals surface area (Å²) in [6.45, 7) is 5.05. The molecule has 190 valence electrons. The Kier molecular flexibility index (Phi) is 8.50. The van der Waals surface area contributed by atoms with Crippen molar-refractivity contribution in [3.8, 4) is 0 Å². The summed E-state index contributed by atoms with van der Waals surface area (Å²) in [7, 11) is -3.26. The van der Waals surface area contributed by atoms with Crippen molar-refractivity contribution in [3.05, 3.63) is 63.9 Å². The van der Waals surface area contributed by atoms with E-state index in [1.165, 1.54) is 6.20 Å². The minimum absolute atomic E-state index is 0.0116. The summed E-state index contributed by atoms with van der Waals surface area (Å²) >= 11 is 12.4. The van der Waals surface area contributed by atoms with Crippen LogP contribution in [0.25, 0.3) is 0 Å². The van der Waals surface area contributed by atoms with Crippen LogP contribution >= 0.6 is 23.2 Å². The number of benzene rings is 1. The van der Waals surface area contributed by atoms with Gasteiger partial charge in [0.2, 0.25) is 5.91 Å². The number of amides is 1. The molecule has 1 aromatic carbocycles. The van der Waals surface area contributed by atoms with Gasteiger partial charge in [0.25, 0.3) is 0 Å². The van der Waals surface area contributed by atoms with Crippen LogP contribution in [0.2, 0.25) is 10.0 Å². The highest BCUT2D eigenvalue weighted by Crippen LogP contribution is 2.51. The number of carboxylic acids is 1. The second kappa shape index (κ2) is 10.8. The number of piperidine rings is 1. The first-order valence-corrected chi connectivity index (χ1v) is 14.1. The quantitative estimate of drug-likeness (QED) is 0.472. The van der Waals surface area contributed by atoms with Crippen molar-refractivity contribution in [2.75, 3.05) is 11.5 Å². The van der Waals surface area contributed by atoms with Crippen LogP contribution in [-0.2, 0) is 19.4 Å². The highest BCUT2D eigenvalue weighted by atomic mass is 35.5. The van der Waals surface area contributed by atoms with Crippen molar-refractivity contribution in [1.29, 1.82) is 0 Å². The van der Waals surface area contributed by atoms with Crippen LogP contribution in [0.3, 0.4) is 0 Å². The Morgan fingerprint density at radius 2 is 1.97 bits per heavy atom. The summed E-state index contributed by atoms with van der Waals surface area (Å²) in [6.07, 6.45) is 1.65. The Morgan fingerprint density at radius 3 is 2.54 bits per heavy atom. The zero-order chi connectivity index (χ0) is 26.0. The minimum atomic E-state index is -3.26. The number of carbonyl (C=O) groups excluding carboxylic acids is 1. The molecule has 0 radical (unpaired) electrons. The number of halogens is 2. The van der Waals surface area contributed by atoms with Crippen molar-refractivity contribution in [2.24, 2.45) is 5.41 Å². The fraction of sp³-hybridized carbons (Fsp3) is 0.480. The molecule has 1 fully saturated rings. The second-order valence-corrected chi connectivity index (χ2v) is 12.8. The number of hydrogen-bond donors (Lipinski definition) is 1. The maximum Gasteiger partial charge on any atom is 0.304 e. The van der Waals surface area contributed by atoms with Crippen LogP contribution in [0.5, 0.6) is 0 Å². The van der Waals surface area contributed by atoms with Crippen molar-refractivity contribution in [2.45, 2.75) is 58.0 Å². The Bertz CT molecular complexity index is 1190. The standard InChI is InChI=1S/C25H30Cl2N2O5S/c1-4-35(33,34)11-10-16(2)29-23(21-9-8-19(27)15-28-21)20(17-6-5-7-18(26)12-17)13-25(3,24(29)32)14-22(30)31/h5-9,12,15-16,20,23H,4,10-11,13-14H2,1-3H3,(H,30,31). The van der Waals surface area contributed by atoms with Gasteiger partial charge in [0, 0.05) is 28.9 Å². The number of carboxylic acid groups (broad SMARTS) is 1. The van der Waals surface area contributed by atoms with E-state index in [0.717, 1.165) is 5.56 Å². The first kappa shape index (κ1) is 27.4. The lowest BCUT2D eigenvalue weighted by Crippen LogP contribution is -2.55. The van der Waals surface area contributed by atoms with Gasteiger partial charge < -0.3 is 10.0 Å². The third kappa shape index (κ3) is 6.35. The molecule has 2 heterocycles. The lowest BCUT2D eigenvalue weighted by atomic mass is 9.67. The van der Waals surface area contributed by atoms with Crippen LogP contribution in [0.1, 0.15) is 63.3 Å². The van der Waals surface area contributed by atoms with Gasteiger partial charge in [0.15, 0.2) is 0 Å². The number of aromatic nitrogens is 1. The number of carbonyl (C=O) groups is 2. The fourth-order valence-corrected chi connectivity index (χ4v) is 6.15. The molecule has 4 unspecified atom stereocenters. The molecule has 7 nitrogen and oxygen atoms in total. The number of rotatable bonds is 9. The molecule has 1 N–H and O–H groups in total. The highest BCUT2D eigenvalue weighted by molar-refractivity contribution is 7.91. The number of sulfone groups is 1. The molecule has 2 aromatic rings. The van der Waals surface area contributed by atoms with Gasteiger partial charge in [-0.05, 0) is 49.6 Å². The summed E-state index contributed by atoms with van der Waals surface area (Å²) in [5, 5.41) is 10.6. The summed E-state index contributed by atoms with van der Waals surface area (Å²) in [6, 6.07) is 9.69. The third-order valence-corrected chi connectivity index (χ3v) is 8.93. The smallest absolute Gasteiger partial charge is 0.304 e. The van der Waals surface area contributed by atoms with Gasteiger partial charge in [-0.3, -0.25) is 14.6 Å². The van der Waals surface area contributed by atoms with Crippen LogP contribution in [0.4, 0.5) is 0 Å². The number of nitrogens with zero attached hydrogens (tertiary/aromatic N) is 2. The summed E-state index contributed by atoms with van der Waals surface area (Å²) in [4.78, 5) is 31.9. The van der Waals surface area contributed by atoms with Crippen molar-refractivity contribution in [1.82, 2.24) is 9.88 Å². The monoisotopic (exact) mass is 540 g/mol. The van der Waals surface area contributed by atoms with Crippen LogP contribution in [0, 0.1) is 5.41 Å². The lowest BCUT2D eigenvalue weighted by Gasteiger charge is -2.51. The van der Waals surface area contributed by atoms with Gasteiger partial charge in [-0.1, -0.05) is 49.2 Å². The zero-order valence-corrected chi connectivity index (χ0v) is 22.3. The third-order valence-electron chi connectivity index (χ3n) is 6.73. The molecular weight excluding hydrogens is 511 g/mol. The molecule has 10 heteroatoms. The average molecular weight is 541 g/mol. The van der Waals surface area contributed by atoms with Crippen LogP contribution in [-0.4, -0.2) is 52.8 Å². The van der Waals surface area contributed by atoms with Crippen molar-refractivity contribution < 1.29 is 23.1 Å². The molecule has 1 aliphatic heterocycles. The van der Waals surface area contributed by atoms with Crippen LogP contribution in [0.15, 0.2) is 42.6 Å². The first-order valence-electron chi connectivity index (χ1n) is 11.5. The molecule has 4 atom stereocenters. The van der Waals surface area contributed by atoms with E-state index in [1.54, 1.807) is 43.9 Å². The maximum absolute atomic E-state index is 13.9. The Morgan fingerprint density at radius 1 is 1.26 bits per heavy atom. The number of likely N-dealkylation sites (tertiary alicyclic amines) is 1. The Balaban J connectivity index is 2.17. The van der Waals surface area contributed by atoms with Gasteiger partial charge in [-0.15, -0.1) is 0 Å². The van der Waals surface area contributed by atoms with Gasteiger partial charge >= 0.3 is 5.97 Å². The topological polar surface area (TPSA) is 105 Å². The Labute approximate surface area is 216 Å². The average Bonchev–Trinajstić information content (AvgIpc) is 2.79. The maximum atomic E-state index is 13.9. The summed E-state index contributed by atoms with van der Waals surface area (Å²) in [5.74, 6) is -1.80. The first-order chi connectivity index (χ1) is 16.4. The van der Waals surface area contributed by atoms with Gasteiger partial charge in [-0.2, -0.15) is 0 Å². The SMILES string of the molecule is CCS(=O)(=O)CCC(C)N1C(=O)C(C)(CC(=O)O)CC(c2cccc(Cl)c2)C1c1ccc(Cl)cn1. The van der Waals surface area contributed by atoms with Gasteiger partial charge in [0.05, 0.1) is 34.3 Å². The van der Waals surface area contributed by atoms with Crippen molar-refractivity contribution in [3.63, 3.8) is 0 Å². The molecule has 1 amide bonds. The van der Waals surface area contributed by atoms with Gasteiger partial charge in [0.1, 0.15) is 9.84 Å². The lowest BCUT2D eigenvalue weighted by molar-refractivity contribution is -0.160. The number of hydrogen-bond acceptors (Lipinski definition) is 5. The fourth-order valence-electron chi connectivity index (χ4n) is 4.85. The number of aliphatic carboxylic acids is 1. The largest absolute Gasteiger partial charge is 0.481 e. The molecule has 0 spiro atoms. The van der Waals surface area contributed by atoms with E-state index < -0.39 is 33.3 Å². The van der Waals surface area contributed by atoms with Gasteiger partial charge in [-0.25, -0.2) is 8.42 Å². The number of pyridine rings is 1. The molecule has 1 saturated heterocycles.